The van der Waals surface area contributed by atoms with Crippen molar-refractivity contribution in [1.82, 2.24) is 29.1 Å². The highest BCUT2D eigenvalue weighted by atomic mass is 16.5. The summed E-state index contributed by atoms with van der Waals surface area (Å²) in [5.74, 6) is 0.240. The van der Waals surface area contributed by atoms with Crippen molar-refractivity contribution in [1.29, 1.82) is 0 Å². The summed E-state index contributed by atoms with van der Waals surface area (Å²) in [6.07, 6.45) is 1.93. The zero-order valence-corrected chi connectivity index (χ0v) is 20.4. The predicted octanol–water partition coefficient (Wildman–Crippen LogP) is 1.42. The van der Waals surface area contributed by atoms with E-state index >= 15 is 0 Å². The monoisotopic (exact) mass is 492 g/mol. The Hall–Kier alpha value is -4.32. The Labute approximate surface area is 206 Å². The number of hydrogen-bond donors (Lipinski definition) is 3. The average Bonchev–Trinajstić information content (AvgIpc) is 3.32. The summed E-state index contributed by atoms with van der Waals surface area (Å²) in [4.78, 5) is 49.2. The van der Waals surface area contributed by atoms with Crippen LogP contribution in [0.2, 0.25) is 0 Å². The van der Waals surface area contributed by atoms with Gasteiger partial charge in [0.1, 0.15) is 17.8 Å². The maximum Gasteiger partial charge on any atom is 0.330 e. The molecule has 12 nitrogen and oxygen atoms in total. The van der Waals surface area contributed by atoms with Gasteiger partial charge in [0.15, 0.2) is 0 Å². The Kier molecular flexibility index (Phi) is 7.54. The van der Waals surface area contributed by atoms with Gasteiger partial charge in [0.05, 0.1) is 13.2 Å². The van der Waals surface area contributed by atoms with Crippen LogP contribution in [-0.2, 0) is 29.0 Å². The molecule has 3 heterocycles. The van der Waals surface area contributed by atoms with Crippen LogP contribution in [0.1, 0.15) is 28.9 Å². The molecule has 0 unspecified atom stereocenters. The zero-order valence-electron chi connectivity index (χ0n) is 20.4. The molecule has 0 bridgehead atoms. The van der Waals surface area contributed by atoms with Crippen molar-refractivity contribution < 1.29 is 9.53 Å². The Morgan fingerprint density at radius 3 is 2.69 bits per heavy atom. The lowest BCUT2D eigenvalue weighted by Crippen LogP contribution is -2.36. The van der Waals surface area contributed by atoms with Gasteiger partial charge in [-0.3, -0.25) is 19.1 Å². The molecule has 0 saturated carbocycles. The van der Waals surface area contributed by atoms with Gasteiger partial charge in [0, 0.05) is 31.5 Å². The van der Waals surface area contributed by atoms with Gasteiger partial charge in [-0.15, -0.1) is 0 Å². The number of carbonyl (C=O) groups excluding carboxylic acids is 1. The first-order valence-corrected chi connectivity index (χ1v) is 11.5. The van der Waals surface area contributed by atoms with Crippen molar-refractivity contribution in [3.63, 3.8) is 0 Å². The Morgan fingerprint density at radius 2 is 1.94 bits per heavy atom. The number of nitrogens with one attached hydrogen (secondary N) is 3. The smallest absolute Gasteiger partial charge is 0.330 e. The van der Waals surface area contributed by atoms with Gasteiger partial charge in [0.25, 0.3) is 11.3 Å². The Morgan fingerprint density at radius 1 is 1.17 bits per heavy atom. The summed E-state index contributed by atoms with van der Waals surface area (Å²) in [5.41, 5.74) is 2.28. The number of benzene rings is 1. The molecule has 3 aromatic heterocycles. The van der Waals surface area contributed by atoms with E-state index in [1.807, 2.05) is 44.2 Å². The first kappa shape index (κ1) is 24.8. The van der Waals surface area contributed by atoms with Crippen LogP contribution in [0.15, 0.2) is 46.2 Å². The van der Waals surface area contributed by atoms with Crippen molar-refractivity contribution in [3.05, 3.63) is 80.0 Å². The molecule has 4 aromatic rings. The third-order valence-electron chi connectivity index (χ3n) is 5.88. The number of amides is 1. The molecule has 0 atom stereocenters. The minimum atomic E-state index is -0.634. The van der Waals surface area contributed by atoms with Crippen LogP contribution in [-0.4, -0.2) is 48.8 Å². The second-order valence-electron chi connectivity index (χ2n) is 8.25. The summed E-state index contributed by atoms with van der Waals surface area (Å²) in [6.45, 7) is 4.45. The third-order valence-corrected chi connectivity index (χ3v) is 5.88. The quantitative estimate of drug-likeness (QED) is 0.301. The van der Waals surface area contributed by atoms with Crippen LogP contribution >= 0.6 is 0 Å². The Bertz CT molecular complexity index is 1490. The van der Waals surface area contributed by atoms with Crippen molar-refractivity contribution in [2.75, 3.05) is 24.4 Å². The van der Waals surface area contributed by atoms with E-state index in [0.29, 0.717) is 18.7 Å². The fraction of sp³-hybridized carbons (Fsp3) is 0.333. The maximum absolute atomic E-state index is 13.0. The number of carbonyl (C=O) groups is 1. The molecule has 0 aliphatic carbocycles. The number of methoxy groups -OCH3 is 1. The summed E-state index contributed by atoms with van der Waals surface area (Å²) < 4.78 is 8.03. The van der Waals surface area contributed by atoms with E-state index in [1.165, 1.54) is 18.0 Å². The molecule has 4 rings (SSSR count). The fourth-order valence-electron chi connectivity index (χ4n) is 4.00. The molecule has 12 heteroatoms. The lowest BCUT2D eigenvalue weighted by atomic mass is 10.1. The molecule has 0 radical (unpaired) electrons. The molecule has 0 aliphatic rings. The molecular weight excluding hydrogens is 464 g/mol. The van der Waals surface area contributed by atoms with Gasteiger partial charge >= 0.3 is 5.69 Å². The zero-order chi connectivity index (χ0) is 25.7. The number of ether oxygens (including phenoxy) is 1. The highest BCUT2D eigenvalue weighted by Crippen LogP contribution is 2.19. The van der Waals surface area contributed by atoms with Gasteiger partial charge in [0.2, 0.25) is 5.91 Å². The average molecular weight is 493 g/mol. The van der Waals surface area contributed by atoms with E-state index in [2.05, 4.69) is 30.7 Å². The number of rotatable bonds is 10. The number of aromatic nitrogens is 6. The van der Waals surface area contributed by atoms with Crippen LogP contribution in [0.25, 0.3) is 5.78 Å². The topological polar surface area (TPSA) is 148 Å². The minimum absolute atomic E-state index is 0.0972. The molecule has 36 heavy (non-hydrogen) atoms. The predicted molar refractivity (Wildman–Crippen MR) is 134 cm³/mol. The minimum Gasteiger partial charge on any atom is -0.383 e. The second-order valence-corrected chi connectivity index (χ2v) is 8.25. The van der Waals surface area contributed by atoms with Gasteiger partial charge < -0.3 is 15.4 Å². The van der Waals surface area contributed by atoms with E-state index in [-0.39, 0.29) is 37.0 Å². The fourth-order valence-corrected chi connectivity index (χ4v) is 4.00. The Balaban J connectivity index is 1.59. The molecule has 0 aliphatic heterocycles. The van der Waals surface area contributed by atoms with Gasteiger partial charge in [-0.05, 0) is 31.4 Å². The molecule has 0 fully saturated rings. The lowest BCUT2D eigenvalue weighted by Gasteiger charge is -2.18. The van der Waals surface area contributed by atoms with E-state index < -0.39 is 11.2 Å². The summed E-state index contributed by atoms with van der Waals surface area (Å²) in [6, 6.07) is 9.49. The van der Waals surface area contributed by atoms with Crippen LogP contribution < -0.4 is 21.9 Å². The van der Waals surface area contributed by atoms with E-state index in [4.69, 9.17) is 4.74 Å². The largest absolute Gasteiger partial charge is 0.383 e. The number of hydrogen-bond acceptors (Lipinski definition) is 8. The van der Waals surface area contributed by atoms with E-state index in [0.717, 1.165) is 22.5 Å². The number of H-pyrrole nitrogens is 1. The van der Waals surface area contributed by atoms with Crippen LogP contribution in [0.4, 0.5) is 11.5 Å². The van der Waals surface area contributed by atoms with Gasteiger partial charge in [-0.25, -0.2) is 14.3 Å². The summed E-state index contributed by atoms with van der Waals surface area (Å²) >= 11 is 0. The number of aryl methyl sites for hydroxylation is 2. The number of aromatic amines is 1. The molecule has 188 valence electrons. The number of fused-ring (bicyclic) bond motifs is 1. The molecule has 0 spiro atoms. The standard InChI is InChI=1S/C24H28N8O4/c1-15-18(16(2)32-23(28-15)26-14-27-32)9-10-19(33)29-21-20(25-13-17-7-5-4-6-8-17)22(34)30-24(35)31(21)11-12-36-3/h4-8,14,25H,9-13H2,1-3H3,(H,29,33)(H,30,34,35). The SMILES string of the molecule is COCCn1c(NC(=O)CCc2c(C)nc3ncnn3c2C)c(NCc2ccccc2)c(=O)[nH]c1=O. The van der Waals surface area contributed by atoms with E-state index in [1.54, 1.807) is 4.52 Å². The molecule has 3 N–H and O–H groups in total. The highest BCUT2D eigenvalue weighted by Gasteiger charge is 2.19. The molecular formula is C24H28N8O4. The van der Waals surface area contributed by atoms with Crippen molar-refractivity contribution in [2.24, 2.45) is 0 Å². The lowest BCUT2D eigenvalue weighted by molar-refractivity contribution is -0.116. The van der Waals surface area contributed by atoms with Crippen LogP contribution in [0.3, 0.4) is 0 Å². The third kappa shape index (κ3) is 5.33. The summed E-state index contributed by atoms with van der Waals surface area (Å²) in [5, 5.41) is 10.0. The van der Waals surface area contributed by atoms with E-state index in [9.17, 15) is 14.4 Å². The molecule has 0 saturated heterocycles. The first-order valence-electron chi connectivity index (χ1n) is 11.5. The van der Waals surface area contributed by atoms with Crippen molar-refractivity contribution in [2.45, 2.75) is 39.8 Å². The van der Waals surface area contributed by atoms with Crippen LogP contribution in [0, 0.1) is 13.8 Å². The highest BCUT2D eigenvalue weighted by molar-refractivity contribution is 5.93. The number of nitrogens with zero attached hydrogens (tertiary/aromatic N) is 5. The molecule has 1 amide bonds. The van der Waals surface area contributed by atoms with Crippen LogP contribution in [0.5, 0.6) is 0 Å². The van der Waals surface area contributed by atoms with Crippen molar-refractivity contribution in [3.8, 4) is 0 Å². The number of anilines is 2. The van der Waals surface area contributed by atoms with Gasteiger partial charge in [-0.1, -0.05) is 30.3 Å². The normalized spacial score (nSPS) is 11.1. The summed E-state index contributed by atoms with van der Waals surface area (Å²) in [7, 11) is 1.51. The van der Waals surface area contributed by atoms with Gasteiger partial charge in [-0.2, -0.15) is 10.1 Å². The second kappa shape index (κ2) is 11.0. The first-order chi connectivity index (χ1) is 17.4. The van der Waals surface area contributed by atoms with Crippen molar-refractivity contribution >= 4 is 23.2 Å². The molecule has 1 aromatic carbocycles. The maximum atomic E-state index is 13.0.